The highest BCUT2D eigenvalue weighted by Gasteiger charge is 2.35. The lowest BCUT2D eigenvalue weighted by Gasteiger charge is -2.32. The summed E-state index contributed by atoms with van der Waals surface area (Å²) in [4.78, 5) is 49.1. The molecule has 0 bridgehead atoms. The van der Waals surface area contributed by atoms with Crippen molar-refractivity contribution in [3.63, 3.8) is 0 Å². The van der Waals surface area contributed by atoms with Gasteiger partial charge in [0.1, 0.15) is 11.3 Å². The molecular weight excluding hydrogens is 374 g/mol. The van der Waals surface area contributed by atoms with Crippen molar-refractivity contribution in [1.82, 2.24) is 16.0 Å². The van der Waals surface area contributed by atoms with Gasteiger partial charge in [-0.15, -0.1) is 0 Å². The quantitative estimate of drug-likeness (QED) is 0.261. The number of nitrogens with one attached hydrogen (secondary N) is 3. The normalized spacial score (nSPS) is 13.6. The zero-order chi connectivity index (χ0) is 23.0. The van der Waals surface area contributed by atoms with Crippen LogP contribution in [0.3, 0.4) is 0 Å². The Kier molecular flexibility index (Phi) is 10.1. The summed E-state index contributed by atoms with van der Waals surface area (Å²) in [5.74, 6) is -1.33. The average Bonchev–Trinajstić information content (AvgIpc) is 2.56. The lowest BCUT2D eigenvalue weighted by atomic mass is 9.96. The monoisotopic (exact) mass is 413 g/mol. The lowest BCUT2D eigenvalue weighted by Crippen LogP contribution is -2.62. The first-order chi connectivity index (χ1) is 13.0. The van der Waals surface area contributed by atoms with Crippen molar-refractivity contribution in [3.05, 3.63) is 0 Å². The van der Waals surface area contributed by atoms with Crippen LogP contribution in [0.2, 0.25) is 0 Å². The molecule has 0 saturated carbocycles. The molecule has 0 aromatic heterocycles. The van der Waals surface area contributed by atoms with Crippen molar-refractivity contribution in [2.45, 2.75) is 90.4 Å². The van der Waals surface area contributed by atoms with E-state index in [1.165, 1.54) is 6.92 Å². The van der Waals surface area contributed by atoms with Gasteiger partial charge in [0.15, 0.2) is 5.78 Å². The molecule has 0 aliphatic carbocycles. The van der Waals surface area contributed by atoms with Gasteiger partial charge in [0.25, 0.3) is 0 Å². The highest BCUT2D eigenvalue weighted by molar-refractivity contribution is 5.96. The molecule has 0 heterocycles. The van der Waals surface area contributed by atoms with Crippen LogP contribution in [0, 0.1) is 0 Å². The minimum atomic E-state index is -1.26. The van der Waals surface area contributed by atoms with Crippen molar-refractivity contribution in [2.75, 3.05) is 13.1 Å². The van der Waals surface area contributed by atoms with E-state index in [0.29, 0.717) is 19.4 Å². The molecule has 0 radical (unpaired) electrons. The van der Waals surface area contributed by atoms with Gasteiger partial charge in [0.2, 0.25) is 11.8 Å². The minimum Gasteiger partial charge on any atom is -0.347 e. The summed E-state index contributed by atoms with van der Waals surface area (Å²) in [6.07, 6.45) is 1.91. The Bertz CT molecular complexity index is 608. The molecular formula is C20H39N5O4. The zero-order valence-corrected chi connectivity index (χ0v) is 18.9. The Balaban J connectivity index is 5.15. The van der Waals surface area contributed by atoms with Crippen LogP contribution in [0.25, 0.3) is 0 Å². The number of carbonyl (C=O) groups excluding carboxylic acids is 4. The summed E-state index contributed by atoms with van der Waals surface area (Å²) >= 11 is 0. The average molecular weight is 414 g/mol. The zero-order valence-electron chi connectivity index (χ0n) is 18.9. The minimum absolute atomic E-state index is 0.103. The molecule has 0 aliphatic rings. The van der Waals surface area contributed by atoms with E-state index in [-0.39, 0.29) is 18.1 Å². The fraction of sp³-hybridized carbons (Fsp3) is 0.800. The van der Waals surface area contributed by atoms with E-state index >= 15 is 0 Å². The second-order valence-electron chi connectivity index (χ2n) is 9.10. The highest BCUT2D eigenvalue weighted by Crippen LogP contribution is 2.12. The molecule has 9 nitrogen and oxygen atoms in total. The third-order valence-electron chi connectivity index (χ3n) is 4.81. The molecule has 7 N–H and O–H groups in total. The Morgan fingerprint density at radius 1 is 0.931 bits per heavy atom. The second-order valence-corrected chi connectivity index (χ2v) is 9.10. The van der Waals surface area contributed by atoms with Crippen LogP contribution in [0.1, 0.15) is 67.7 Å². The summed E-state index contributed by atoms with van der Waals surface area (Å²) in [5.41, 5.74) is 8.04. The molecule has 0 saturated heterocycles. The van der Waals surface area contributed by atoms with Crippen molar-refractivity contribution < 1.29 is 19.2 Å². The Hall–Kier alpha value is -1.84. The summed E-state index contributed by atoms with van der Waals surface area (Å²) < 4.78 is 0. The molecule has 9 heteroatoms. The number of Topliss-reactive ketones (excluding diaryl/α,β-unsaturated/α-hetero) is 2. The van der Waals surface area contributed by atoms with Crippen molar-refractivity contribution in [3.8, 4) is 0 Å². The summed E-state index contributed by atoms with van der Waals surface area (Å²) in [5, 5.41) is 8.30. The van der Waals surface area contributed by atoms with Gasteiger partial charge >= 0.3 is 0 Å². The lowest BCUT2D eigenvalue weighted by molar-refractivity contribution is -0.135. The van der Waals surface area contributed by atoms with E-state index in [1.807, 2.05) is 0 Å². The number of unbranched alkanes of at least 4 members (excludes halogenated alkanes) is 1. The van der Waals surface area contributed by atoms with Crippen LogP contribution >= 0.6 is 0 Å². The van der Waals surface area contributed by atoms with Gasteiger partial charge in [-0.2, -0.15) is 0 Å². The molecule has 0 aromatic carbocycles. The number of carbonyl (C=O) groups is 4. The topological polar surface area (TPSA) is 156 Å². The molecule has 1 unspecified atom stereocenters. The van der Waals surface area contributed by atoms with E-state index in [0.717, 1.165) is 6.42 Å². The first-order valence-corrected chi connectivity index (χ1v) is 9.96. The first-order valence-electron chi connectivity index (χ1n) is 9.96. The van der Waals surface area contributed by atoms with Crippen LogP contribution in [0.5, 0.6) is 0 Å². The van der Waals surface area contributed by atoms with Gasteiger partial charge in [-0.05, 0) is 67.9 Å². The van der Waals surface area contributed by atoms with Crippen molar-refractivity contribution in [2.24, 2.45) is 11.5 Å². The largest absolute Gasteiger partial charge is 0.347 e. The van der Waals surface area contributed by atoms with E-state index in [2.05, 4.69) is 16.0 Å². The van der Waals surface area contributed by atoms with Gasteiger partial charge in [-0.25, -0.2) is 0 Å². The fourth-order valence-electron chi connectivity index (χ4n) is 2.36. The molecule has 0 rings (SSSR count). The van der Waals surface area contributed by atoms with Crippen LogP contribution in [0.4, 0.5) is 0 Å². The Morgan fingerprint density at radius 2 is 1.48 bits per heavy atom. The van der Waals surface area contributed by atoms with Gasteiger partial charge in [0, 0.05) is 0 Å². The summed E-state index contributed by atoms with van der Waals surface area (Å²) in [7, 11) is 0. The Morgan fingerprint density at radius 3 is 1.93 bits per heavy atom. The van der Waals surface area contributed by atoms with Crippen LogP contribution in [-0.2, 0) is 19.2 Å². The number of rotatable bonds is 13. The SMILES string of the molecule is CC(=O)C(C)(C)NC(CCCCN)C(=O)NC(C)(C)C(=O)NCC(=O)C(C)(C)N. The third-order valence-corrected chi connectivity index (χ3v) is 4.81. The smallest absolute Gasteiger partial charge is 0.245 e. The summed E-state index contributed by atoms with van der Waals surface area (Å²) in [6, 6.07) is -0.669. The van der Waals surface area contributed by atoms with Crippen LogP contribution < -0.4 is 27.4 Å². The Labute approximate surface area is 174 Å². The molecule has 0 spiro atoms. The predicted octanol–water partition coefficient (Wildman–Crippen LogP) is -0.241. The van der Waals surface area contributed by atoms with E-state index in [4.69, 9.17) is 11.5 Å². The van der Waals surface area contributed by atoms with E-state index in [9.17, 15) is 19.2 Å². The number of ketones is 2. The standard InChI is InChI=1S/C20H39N5O4/c1-13(26)19(4,5)24-14(10-8-9-11-21)16(28)25-20(6,7)17(29)23-12-15(27)18(2,3)22/h14,24H,8-12,21-22H2,1-7H3,(H,23,29)(H,25,28). The second kappa shape index (κ2) is 10.8. The van der Waals surface area contributed by atoms with E-state index in [1.54, 1.807) is 41.5 Å². The molecule has 2 amide bonds. The van der Waals surface area contributed by atoms with E-state index < -0.39 is 34.5 Å². The maximum Gasteiger partial charge on any atom is 0.245 e. The molecule has 29 heavy (non-hydrogen) atoms. The predicted molar refractivity (Wildman–Crippen MR) is 113 cm³/mol. The number of nitrogens with two attached hydrogens (primary N) is 2. The van der Waals surface area contributed by atoms with Gasteiger partial charge in [0.05, 0.1) is 23.7 Å². The molecule has 0 fully saturated rings. The third kappa shape index (κ3) is 9.47. The summed E-state index contributed by atoms with van der Waals surface area (Å²) in [6.45, 7) is 11.4. The van der Waals surface area contributed by atoms with Gasteiger partial charge in [-0.3, -0.25) is 24.5 Å². The van der Waals surface area contributed by atoms with Crippen molar-refractivity contribution >= 4 is 23.4 Å². The number of amides is 2. The fourth-order valence-corrected chi connectivity index (χ4v) is 2.36. The maximum atomic E-state index is 12.9. The van der Waals surface area contributed by atoms with Crippen molar-refractivity contribution in [1.29, 1.82) is 0 Å². The first kappa shape index (κ1) is 27.2. The van der Waals surface area contributed by atoms with Gasteiger partial charge in [-0.1, -0.05) is 6.42 Å². The number of hydrogen-bond donors (Lipinski definition) is 5. The molecule has 168 valence electrons. The molecule has 0 aromatic rings. The van der Waals surface area contributed by atoms with Gasteiger partial charge < -0.3 is 22.1 Å². The highest BCUT2D eigenvalue weighted by atomic mass is 16.2. The van der Waals surface area contributed by atoms with Crippen LogP contribution in [0.15, 0.2) is 0 Å². The molecule has 0 aliphatic heterocycles. The van der Waals surface area contributed by atoms with Crippen LogP contribution in [-0.4, -0.2) is 59.1 Å². The maximum absolute atomic E-state index is 12.9. The molecule has 1 atom stereocenters. The number of hydrogen-bond acceptors (Lipinski definition) is 7.